The molecule has 1 aliphatic heterocycles. The number of ether oxygens (including phenoxy) is 1. The van der Waals surface area contributed by atoms with Crippen molar-refractivity contribution in [1.82, 2.24) is 9.55 Å². The van der Waals surface area contributed by atoms with Crippen molar-refractivity contribution in [3.05, 3.63) is 32.6 Å². The Morgan fingerprint density at radius 1 is 1.60 bits per heavy atom. The van der Waals surface area contributed by atoms with Gasteiger partial charge in [-0.3, -0.25) is 14.3 Å². The van der Waals surface area contributed by atoms with E-state index >= 15 is 0 Å². The number of nitrogens with zero attached hydrogens (tertiary/aromatic N) is 1. The van der Waals surface area contributed by atoms with Gasteiger partial charge in [-0.1, -0.05) is 0 Å². The normalized spacial score (nSPS) is 33.5. The van der Waals surface area contributed by atoms with E-state index < -0.39 is 42.0 Å². The number of hydrogen-bond donors (Lipinski definition) is 3. The molecule has 2 rings (SSSR count). The molecule has 1 fully saturated rings. The van der Waals surface area contributed by atoms with Crippen molar-refractivity contribution in [3.8, 4) is 0 Å². The largest absolute Gasteiger partial charge is 0.393 e. The first-order valence-corrected chi connectivity index (χ1v) is 6.38. The lowest BCUT2D eigenvalue weighted by Crippen LogP contribution is -2.47. The number of aryl methyl sites for hydroxylation is 1. The van der Waals surface area contributed by atoms with Gasteiger partial charge in [-0.15, -0.1) is 11.6 Å². The zero-order chi connectivity index (χ0) is 15.1. The van der Waals surface area contributed by atoms with Crippen LogP contribution in [0.2, 0.25) is 0 Å². The minimum atomic E-state index is -1.97. The quantitative estimate of drug-likeness (QED) is 0.624. The molecule has 0 spiro atoms. The van der Waals surface area contributed by atoms with Gasteiger partial charge in [-0.2, -0.15) is 0 Å². The van der Waals surface area contributed by atoms with Crippen molar-refractivity contribution in [2.24, 2.45) is 0 Å². The van der Waals surface area contributed by atoms with E-state index in [1.807, 2.05) is 4.98 Å². The molecule has 1 aliphatic rings. The van der Waals surface area contributed by atoms with Gasteiger partial charge in [0.05, 0.1) is 12.5 Å². The van der Waals surface area contributed by atoms with Gasteiger partial charge in [0.2, 0.25) is 0 Å². The zero-order valence-electron chi connectivity index (χ0n) is 10.5. The lowest BCUT2D eigenvalue weighted by molar-refractivity contribution is -0.115. The van der Waals surface area contributed by atoms with Crippen LogP contribution in [0.5, 0.6) is 0 Å². The fraction of sp³-hybridized carbons (Fsp3) is 0.636. The lowest BCUT2D eigenvalue weighted by atomic mass is 9.99. The Hall–Kier alpha value is -1.22. The monoisotopic (exact) mass is 308 g/mol. The molecule has 0 unspecified atom stereocenters. The van der Waals surface area contributed by atoms with Crippen molar-refractivity contribution in [3.63, 3.8) is 0 Å². The maximum Gasteiger partial charge on any atom is 0.330 e. The van der Waals surface area contributed by atoms with E-state index in [1.165, 1.54) is 6.92 Å². The molecule has 3 N–H and O–H groups in total. The maximum absolute atomic E-state index is 14.2. The van der Waals surface area contributed by atoms with Crippen LogP contribution in [0.15, 0.2) is 15.8 Å². The molecule has 0 aliphatic carbocycles. The number of nitrogens with one attached hydrogen (secondary N) is 1. The number of H-pyrrole nitrogens is 1. The molecule has 0 saturated carbocycles. The molecular weight excluding hydrogens is 295 g/mol. The molecule has 9 heteroatoms. The number of rotatable bonds is 3. The number of hydrogen-bond acceptors (Lipinski definition) is 5. The van der Waals surface area contributed by atoms with Gasteiger partial charge in [-0.25, -0.2) is 9.18 Å². The third-order valence-corrected chi connectivity index (χ3v) is 3.83. The number of aromatic nitrogens is 2. The van der Waals surface area contributed by atoms with Crippen LogP contribution >= 0.6 is 11.6 Å². The van der Waals surface area contributed by atoms with Gasteiger partial charge in [0.15, 0.2) is 12.4 Å². The van der Waals surface area contributed by atoms with Crippen LogP contribution in [0.3, 0.4) is 0 Å². The highest BCUT2D eigenvalue weighted by Gasteiger charge is 2.55. The highest BCUT2D eigenvalue weighted by Crippen LogP contribution is 2.38. The smallest absolute Gasteiger partial charge is 0.330 e. The lowest BCUT2D eigenvalue weighted by Gasteiger charge is -2.26. The number of aliphatic hydroxyl groups excluding tert-OH is 2. The fourth-order valence-electron chi connectivity index (χ4n) is 2.09. The summed E-state index contributed by atoms with van der Waals surface area (Å²) in [6, 6.07) is 0. The first kappa shape index (κ1) is 15.2. The summed E-state index contributed by atoms with van der Waals surface area (Å²) in [5, 5.41) is 19.1. The predicted molar refractivity (Wildman–Crippen MR) is 67.6 cm³/mol. The minimum absolute atomic E-state index is 0.183. The van der Waals surface area contributed by atoms with Crippen LogP contribution in [-0.4, -0.2) is 50.1 Å². The van der Waals surface area contributed by atoms with Gasteiger partial charge in [0.1, 0.15) is 11.7 Å². The summed E-state index contributed by atoms with van der Waals surface area (Å²) >= 11 is 5.62. The maximum atomic E-state index is 14.2. The molecule has 2 heterocycles. The van der Waals surface area contributed by atoms with E-state index in [0.717, 1.165) is 10.8 Å². The summed E-state index contributed by atoms with van der Waals surface area (Å²) in [5.74, 6) is -0.349. The van der Waals surface area contributed by atoms with Crippen LogP contribution in [0.25, 0.3) is 0 Å². The first-order valence-electron chi connectivity index (χ1n) is 5.85. The van der Waals surface area contributed by atoms with Crippen molar-refractivity contribution in [1.29, 1.82) is 0 Å². The zero-order valence-corrected chi connectivity index (χ0v) is 11.3. The number of alkyl halides is 2. The topological polar surface area (TPSA) is 105 Å². The average Bonchev–Trinajstić information content (AvgIpc) is 2.68. The van der Waals surface area contributed by atoms with Crippen LogP contribution < -0.4 is 11.2 Å². The van der Waals surface area contributed by atoms with E-state index in [2.05, 4.69) is 0 Å². The Kier molecular flexibility index (Phi) is 4.01. The summed E-state index contributed by atoms with van der Waals surface area (Å²) in [5.41, 5.74) is -2.97. The van der Waals surface area contributed by atoms with Crippen molar-refractivity contribution < 1.29 is 19.3 Å². The molecule has 1 saturated heterocycles. The third kappa shape index (κ3) is 2.18. The van der Waals surface area contributed by atoms with Crippen molar-refractivity contribution in [2.75, 3.05) is 12.5 Å². The van der Waals surface area contributed by atoms with Crippen LogP contribution in [0.1, 0.15) is 11.8 Å². The average molecular weight is 309 g/mol. The van der Waals surface area contributed by atoms with E-state index in [1.54, 1.807) is 0 Å². The van der Waals surface area contributed by atoms with Gasteiger partial charge < -0.3 is 14.9 Å². The Morgan fingerprint density at radius 3 is 2.75 bits per heavy atom. The summed E-state index contributed by atoms with van der Waals surface area (Å²) in [6.07, 6.45) is -4.00. The second-order valence-electron chi connectivity index (χ2n) is 4.73. The molecule has 20 heavy (non-hydrogen) atoms. The van der Waals surface area contributed by atoms with E-state index in [4.69, 9.17) is 16.3 Å². The Morgan fingerprint density at radius 2 is 2.25 bits per heavy atom. The van der Waals surface area contributed by atoms with Gasteiger partial charge in [-0.05, 0) is 6.92 Å². The van der Waals surface area contributed by atoms with Crippen molar-refractivity contribution >= 4 is 11.6 Å². The van der Waals surface area contributed by atoms with Gasteiger partial charge >= 0.3 is 5.69 Å². The number of aliphatic hydroxyl groups is 2. The Bertz CT molecular complexity index is 612. The molecule has 7 nitrogen and oxygen atoms in total. The summed E-state index contributed by atoms with van der Waals surface area (Å²) in [4.78, 5) is 25.0. The number of halogens is 2. The summed E-state index contributed by atoms with van der Waals surface area (Å²) in [6.45, 7) is 0.736. The van der Waals surface area contributed by atoms with Gasteiger partial charge in [0.25, 0.3) is 5.56 Å². The van der Waals surface area contributed by atoms with Crippen LogP contribution in [0.4, 0.5) is 4.39 Å². The first-order chi connectivity index (χ1) is 9.36. The molecule has 1 aromatic heterocycles. The van der Waals surface area contributed by atoms with E-state index in [9.17, 15) is 24.2 Å². The third-order valence-electron chi connectivity index (χ3n) is 3.38. The standard InChI is InChI=1S/C11H14ClFN2O5/c1-5-2-15(10(19)14-8(5)18)9-6(13)7(17)11(3-12,4-16)20-9/h2,6-7,9,16-17H,3-4H2,1H3,(H,14,18,19)/t6-,7+,9-,11-/m1/s1. The molecule has 1 aromatic rings. The fourth-order valence-corrected chi connectivity index (χ4v) is 2.40. The predicted octanol–water partition coefficient (Wildman–Crippen LogP) is -0.957. The van der Waals surface area contributed by atoms with Crippen molar-refractivity contribution in [2.45, 2.75) is 31.0 Å². The summed E-state index contributed by atoms with van der Waals surface area (Å²) < 4.78 is 20.2. The second-order valence-corrected chi connectivity index (χ2v) is 5.00. The molecule has 4 atom stereocenters. The number of aromatic amines is 1. The Labute approximate surface area is 117 Å². The highest BCUT2D eigenvalue weighted by molar-refractivity contribution is 6.18. The molecule has 112 valence electrons. The molecule has 0 radical (unpaired) electrons. The molecular formula is C11H14ClFN2O5. The van der Waals surface area contributed by atoms with Gasteiger partial charge in [0, 0.05) is 11.8 Å². The second kappa shape index (κ2) is 5.28. The highest BCUT2D eigenvalue weighted by atomic mass is 35.5. The van der Waals surface area contributed by atoms with E-state index in [-0.39, 0.29) is 11.4 Å². The molecule has 0 bridgehead atoms. The van der Waals surface area contributed by atoms with E-state index in [0.29, 0.717) is 0 Å². The summed E-state index contributed by atoms with van der Waals surface area (Å²) in [7, 11) is 0. The SMILES string of the molecule is Cc1cn([C@@H]2O[C@@](CO)(CCl)[C@@H](O)[C@H]2F)c(=O)[nH]c1=O. The van der Waals surface area contributed by atoms with Crippen LogP contribution in [0, 0.1) is 6.92 Å². The van der Waals surface area contributed by atoms with Crippen LogP contribution in [-0.2, 0) is 4.74 Å². The molecule has 0 aromatic carbocycles. The Balaban J connectivity index is 2.47. The molecule has 0 amide bonds. The minimum Gasteiger partial charge on any atom is -0.393 e.